The van der Waals surface area contributed by atoms with E-state index >= 15 is 0 Å². The van der Waals surface area contributed by atoms with Crippen molar-refractivity contribution in [1.29, 1.82) is 0 Å². The lowest BCUT2D eigenvalue weighted by atomic mass is 10.00. The van der Waals surface area contributed by atoms with Gasteiger partial charge in [-0.05, 0) is 48.2 Å². The third-order valence-electron chi connectivity index (χ3n) is 3.69. The van der Waals surface area contributed by atoms with E-state index in [0.29, 0.717) is 6.10 Å². The summed E-state index contributed by atoms with van der Waals surface area (Å²) < 4.78 is 6.91. The topological polar surface area (TPSA) is 9.23 Å². The minimum Gasteiger partial charge on any atom is -0.490 e. The molecule has 0 N–H and O–H groups in total. The van der Waals surface area contributed by atoms with E-state index < -0.39 is 0 Å². The molecule has 3 heteroatoms. The first-order valence-corrected chi connectivity index (χ1v) is 8.45. The summed E-state index contributed by atoms with van der Waals surface area (Å²) in [4.78, 5) is 0.218. The average molecular weight is 396 g/mol. The molecule has 20 heavy (non-hydrogen) atoms. The Morgan fingerprint density at radius 2 is 1.85 bits per heavy atom. The molecule has 0 saturated carbocycles. The molecule has 3 rings (SSSR count). The summed E-state index contributed by atoms with van der Waals surface area (Å²) in [5.74, 6) is 1.04. The van der Waals surface area contributed by atoms with Crippen LogP contribution in [0.15, 0.2) is 40.9 Å². The van der Waals surface area contributed by atoms with Crippen LogP contribution in [0.3, 0.4) is 0 Å². The van der Waals surface area contributed by atoms with Gasteiger partial charge in [-0.15, -0.1) is 0 Å². The number of halogens is 2. The highest BCUT2D eigenvalue weighted by Crippen LogP contribution is 2.37. The fraction of sp³-hybridized carbons (Fsp3) is 0.294. The maximum Gasteiger partial charge on any atom is 0.123 e. The Morgan fingerprint density at radius 1 is 1.15 bits per heavy atom. The van der Waals surface area contributed by atoms with E-state index in [0.717, 1.165) is 16.6 Å². The molecule has 2 aromatic rings. The summed E-state index contributed by atoms with van der Waals surface area (Å²) in [7, 11) is 0. The second-order valence-corrected chi connectivity index (χ2v) is 7.14. The van der Waals surface area contributed by atoms with Crippen LogP contribution in [-0.4, -0.2) is 6.10 Å². The molecular formula is C17H16Br2O. The lowest BCUT2D eigenvalue weighted by Gasteiger charge is -2.13. The molecule has 0 amide bonds. The number of alkyl halides is 1. The van der Waals surface area contributed by atoms with Gasteiger partial charge in [0.15, 0.2) is 0 Å². The lowest BCUT2D eigenvalue weighted by molar-refractivity contribution is 0.254. The number of ether oxygens (including phenoxy) is 1. The van der Waals surface area contributed by atoms with Gasteiger partial charge in [-0.2, -0.15) is 0 Å². The average Bonchev–Trinajstić information content (AvgIpc) is 2.80. The van der Waals surface area contributed by atoms with Gasteiger partial charge in [-0.3, -0.25) is 0 Å². The highest BCUT2D eigenvalue weighted by Gasteiger charge is 2.21. The summed E-state index contributed by atoms with van der Waals surface area (Å²) in [6.07, 6.45) is 1.30. The predicted molar refractivity (Wildman–Crippen MR) is 89.9 cm³/mol. The summed E-state index contributed by atoms with van der Waals surface area (Å²) >= 11 is 7.37. The summed E-state index contributed by atoms with van der Waals surface area (Å²) in [6.45, 7) is 4.23. The third-order valence-corrected chi connectivity index (χ3v) is 5.63. The molecule has 0 bridgehead atoms. The Kier molecular flexibility index (Phi) is 3.91. The quantitative estimate of drug-likeness (QED) is 0.604. The molecule has 2 aromatic carbocycles. The molecule has 104 valence electrons. The van der Waals surface area contributed by atoms with Crippen molar-refractivity contribution in [2.75, 3.05) is 0 Å². The molecule has 0 spiro atoms. The van der Waals surface area contributed by atoms with Gasteiger partial charge in [-0.25, -0.2) is 0 Å². The van der Waals surface area contributed by atoms with Crippen LogP contribution in [0, 0.1) is 6.92 Å². The van der Waals surface area contributed by atoms with Gasteiger partial charge in [0.05, 0.1) is 4.83 Å². The molecule has 0 radical (unpaired) electrons. The fourth-order valence-electron chi connectivity index (χ4n) is 2.62. The van der Waals surface area contributed by atoms with E-state index in [2.05, 4.69) is 82.1 Å². The van der Waals surface area contributed by atoms with Gasteiger partial charge >= 0.3 is 0 Å². The number of aryl methyl sites for hydroxylation is 1. The SMILES string of the molecule is Cc1cc(C(Br)c2ccc3c(c2)CC(C)O3)ccc1Br. The van der Waals surface area contributed by atoms with E-state index in [4.69, 9.17) is 4.74 Å². The normalized spacial score (nSPS) is 18.5. The van der Waals surface area contributed by atoms with E-state index in [1.807, 2.05) is 0 Å². The van der Waals surface area contributed by atoms with Crippen molar-refractivity contribution in [3.63, 3.8) is 0 Å². The van der Waals surface area contributed by atoms with Gasteiger partial charge in [0, 0.05) is 10.9 Å². The van der Waals surface area contributed by atoms with Crippen molar-refractivity contribution in [2.24, 2.45) is 0 Å². The Balaban J connectivity index is 1.93. The maximum absolute atomic E-state index is 5.76. The van der Waals surface area contributed by atoms with Crippen molar-refractivity contribution >= 4 is 31.9 Å². The van der Waals surface area contributed by atoms with E-state index in [-0.39, 0.29) is 4.83 Å². The van der Waals surface area contributed by atoms with Crippen LogP contribution in [0.1, 0.15) is 34.0 Å². The monoisotopic (exact) mass is 394 g/mol. The van der Waals surface area contributed by atoms with E-state index in [1.54, 1.807) is 0 Å². The minimum atomic E-state index is 0.218. The maximum atomic E-state index is 5.76. The summed E-state index contributed by atoms with van der Waals surface area (Å²) in [5, 5.41) is 0. The van der Waals surface area contributed by atoms with Crippen molar-refractivity contribution in [3.8, 4) is 5.75 Å². The van der Waals surface area contributed by atoms with Gasteiger partial charge in [0.1, 0.15) is 11.9 Å². The molecule has 1 nitrogen and oxygen atoms in total. The molecule has 2 atom stereocenters. The highest BCUT2D eigenvalue weighted by molar-refractivity contribution is 9.10. The Bertz CT molecular complexity index is 651. The van der Waals surface area contributed by atoms with Crippen LogP contribution in [0.4, 0.5) is 0 Å². The molecule has 1 aliphatic rings. The lowest BCUT2D eigenvalue weighted by Crippen LogP contribution is -2.05. The molecular weight excluding hydrogens is 380 g/mol. The van der Waals surface area contributed by atoms with E-state index in [9.17, 15) is 0 Å². The zero-order valence-electron chi connectivity index (χ0n) is 11.5. The van der Waals surface area contributed by atoms with Gasteiger partial charge in [0.2, 0.25) is 0 Å². The predicted octanol–water partition coefficient (Wildman–Crippen LogP) is 5.57. The molecule has 1 heterocycles. The van der Waals surface area contributed by atoms with Crippen molar-refractivity contribution in [3.05, 3.63) is 63.1 Å². The zero-order valence-corrected chi connectivity index (χ0v) is 14.7. The largest absolute Gasteiger partial charge is 0.490 e. The number of fused-ring (bicyclic) bond motifs is 1. The standard InChI is InChI=1S/C17H16Br2O/c1-10-7-12(3-5-15(10)18)17(19)13-4-6-16-14(9-13)8-11(2)20-16/h3-7,9,11,17H,8H2,1-2H3. The van der Waals surface area contributed by atoms with Crippen LogP contribution in [0.2, 0.25) is 0 Å². The molecule has 0 saturated heterocycles. The third kappa shape index (κ3) is 2.66. The van der Waals surface area contributed by atoms with Crippen molar-refractivity contribution in [2.45, 2.75) is 31.2 Å². The van der Waals surface area contributed by atoms with Crippen molar-refractivity contribution in [1.82, 2.24) is 0 Å². The molecule has 0 fully saturated rings. The summed E-state index contributed by atoms with van der Waals surface area (Å²) in [6, 6.07) is 13.0. The van der Waals surface area contributed by atoms with E-state index in [1.165, 1.54) is 22.3 Å². The van der Waals surface area contributed by atoms with Crippen molar-refractivity contribution < 1.29 is 4.74 Å². The fourth-order valence-corrected chi connectivity index (χ4v) is 3.43. The number of rotatable bonds is 2. The number of benzene rings is 2. The Hall–Kier alpha value is -0.800. The molecule has 0 aliphatic carbocycles. The highest BCUT2D eigenvalue weighted by atomic mass is 79.9. The first-order chi connectivity index (χ1) is 9.54. The molecule has 1 aliphatic heterocycles. The summed E-state index contributed by atoms with van der Waals surface area (Å²) in [5.41, 5.74) is 5.12. The van der Waals surface area contributed by atoms with Gasteiger partial charge in [0.25, 0.3) is 0 Å². The van der Waals surface area contributed by atoms with Gasteiger partial charge in [-0.1, -0.05) is 56.1 Å². The first kappa shape index (κ1) is 14.2. The zero-order chi connectivity index (χ0) is 14.3. The smallest absolute Gasteiger partial charge is 0.123 e. The second-order valence-electron chi connectivity index (χ2n) is 5.37. The number of hydrogen-bond donors (Lipinski definition) is 0. The first-order valence-electron chi connectivity index (χ1n) is 6.74. The van der Waals surface area contributed by atoms with Crippen LogP contribution in [0.25, 0.3) is 0 Å². The second kappa shape index (κ2) is 5.53. The Morgan fingerprint density at radius 3 is 2.60 bits per heavy atom. The van der Waals surface area contributed by atoms with Crippen LogP contribution >= 0.6 is 31.9 Å². The molecule has 2 unspecified atom stereocenters. The van der Waals surface area contributed by atoms with Crippen LogP contribution in [-0.2, 0) is 6.42 Å². The van der Waals surface area contributed by atoms with Crippen LogP contribution < -0.4 is 4.74 Å². The van der Waals surface area contributed by atoms with Gasteiger partial charge < -0.3 is 4.74 Å². The van der Waals surface area contributed by atoms with Crippen LogP contribution in [0.5, 0.6) is 5.75 Å². The molecule has 0 aromatic heterocycles. The number of hydrogen-bond acceptors (Lipinski definition) is 1. The minimum absolute atomic E-state index is 0.218. The Labute approximate surface area is 136 Å².